The number of phenols is 1. The molecule has 1 unspecified atom stereocenters. The zero-order chi connectivity index (χ0) is 11.6. The van der Waals surface area contributed by atoms with Gasteiger partial charge < -0.3 is 10.8 Å². The van der Waals surface area contributed by atoms with Crippen molar-refractivity contribution < 1.29 is 13.9 Å². The monoisotopic (exact) mass is 215 g/mol. The van der Waals surface area contributed by atoms with Gasteiger partial charge in [-0.15, -0.1) is 0 Å². The lowest BCUT2D eigenvalue weighted by atomic mass is 10.0. The van der Waals surface area contributed by atoms with Gasteiger partial charge in [-0.2, -0.15) is 0 Å². The quantitative estimate of drug-likeness (QED) is 0.813. The SMILES string of the molecule is Cc1cc(CC(C)N)cc(C(F)F)c1O. The van der Waals surface area contributed by atoms with E-state index in [9.17, 15) is 13.9 Å². The highest BCUT2D eigenvalue weighted by atomic mass is 19.3. The third kappa shape index (κ3) is 2.89. The van der Waals surface area contributed by atoms with Gasteiger partial charge in [-0.05, 0) is 37.5 Å². The summed E-state index contributed by atoms with van der Waals surface area (Å²) in [4.78, 5) is 0. The number of aromatic hydroxyl groups is 1. The number of hydrogen-bond acceptors (Lipinski definition) is 2. The summed E-state index contributed by atoms with van der Waals surface area (Å²) in [7, 11) is 0. The van der Waals surface area contributed by atoms with Gasteiger partial charge in [0.15, 0.2) is 0 Å². The van der Waals surface area contributed by atoms with Crippen LogP contribution in [0.4, 0.5) is 8.78 Å². The topological polar surface area (TPSA) is 46.2 Å². The molecule has 0 aliphatic rings. The van der Waals surface area contributed by atoms with E-state index in [1.165, 1.54) is 6.07 Å². The number of rotatable bonds is 3. The third-order valence-electron chi connectivity index (χ3n) is 2.18. The van der Waals surface area contributed by atoms with Crippen LogP contribution in [0, 0.1) is 6.92 Å². The second-order valence-corrected chi connectivity index (χ2v) is 3.83. The van der Waals surface area contributed by atoms with Crippen LogP contribution in [0.5, 0.6) is 5.75 Å². The van der Waals surface area contributed by atoms with Gasteiger partial charge in [0.1, 0.15) is 5.75 Å². The Labute approximate surface area is 87.7 Å². The molecule has 0 spiro atoms. The molecular formula is C11H15F2NO. The predicted octanol–water partition coefficient (Wildman–Crippen LogP) is 2.53. The summed E-state index contributed by atoms with van der Waals surface area (Å²) in [5.74, 6) is -0.321. The van der Waals surface area contributed by atoms with E-state index in [1.54, 1.807) is 13.0 Å². The summed E-state index contributed by atoms with van der Waals surface area (Å²) in [5.41, 5.74) is 6.47. The first-order valence-electron chi connectivity index (χ1n) is 4.78. The van der Waals surface area contributed by atoms with E-state index in [-0.39, 0.29) is 17.4 Å². The second-order valence-electron chi connectivity index (χ2n) is 3.83. The molecule has 0 aromatic heterocycles. The molecule has 0 heterocycles. The maximum Gasteiger partial charge on any atom is 0.267 e. The molecule has 1 atom stereocenters. The zero-order valence-corrected chi connectivity index (χ0v) is 8.80. The molecule has 0 saturated heterocycles. The van der Waals surface area contributed by atoms with Crippen LogP contribution in [-0.4, -0.2) is 11.1 Å². The Kier molecular flexibility index (Phi) is 3.63. The lowest BCUT2D eigenvalue weighted by Crippen LogP contribution is -2.17. The summed E-state index contributed by atoms with van der Waals surface area (Å²) in [6, 6.07) is 2.92. The first-order valence-corrected chi connectivity index (χ1v) is 4.78. The fraction of sp³-hybridized carbons (Fsp3) is 0.455. The van der Waals surface area contributed by atoms with Gasteiger partial charge in [-0.1, -0.05) is 6.07 Å². The molecule has 1 rings (SSSR count). The Balaban J connectivity index is 3.11. The van der Waals surface area contributed by atoms with E-state index in [1.807, 2.05) is 6.92 Å². The minimum Gasteiger partial charge on any atom is -0.507 e. The van der Waals surface area contributed by atoms with Crippen LogP contribution in [0.15, 0.2) is 12.1 Å². The summed E-state index contributed by atoms with van der Waals surface area (Å²) in [6.07, 6.45) is -2.13. The molecule has 2 nitrogen and oxygen atoms in total. The highest BCUT2D eigenvalue weighted by molar-refractivity contribution is 5.43. The average Bonchev–Trinajstić information content (AvgIpc) is 2.09. The molecule has 1 aromatic rings. The van der Waals surface area contributed by atoms with Crippen LogP contribution in [-0.2, 0) is 6.42 Å². The molecule has 4 heteroatoms. The fourth-order valence-corrected chi connectivity index (χ4v) is 1.54. The maximum atomic E-state index is 12.5. The minimum atomic E-state index is -2.66. The summed E-state index contributed by atoms with van der Waals surface area (Å²) in [5, 5.41) is 9.42. The molecule has 0 bridgehead atoms. The third-order valence-corrected chi connectivity index (χ3v) is 2.18. The lowest BCUT2D eigenvalue weighted by Gasteiger charge is -2.11. The van der Waals surface area contributed by atoms with Crippen molar-refractivity contribution in [2.45, 2.75) is 32.7 Å². The smallest absolute Gasteiger partial charge is 0.267 e. The van der Waals surface area contributed by atoms with Crippen LogP contribution in [0.1, 0.15) is 30.0 Å². The molecule has 0 saturated carbocycles. The zero-order valence-electron chi connectivity index (χ0n) is 8.80. The molecule has 0 aliphatic carbocycles. The normalized spacial score (nSPS) is 13.2. The van der Waals surface area contributed by atoms with Crippen molar-refractivity contribution >= 4 is 0 Å². The number of alkyl halides is 2. The number of hydrogen-bond donors (Lipinski definition) is 2. The first kappa shape index (κ1) is 11.9. The van der Waals surface area contributed by atoms with Crippen LogP contribution >= 0.6 is 0 Å². The highest BCUT2D eigenvalue weighted by Gasteiger charge is 2.16. The summed E-state index contributed by atoms with van der Waals surface area (Å²) < 4.78 is 25.1. The summed E-state index contributed by atoms with van der Waals surface area (Å²) >= 11 is 0. The Morgan fingerprint density at radius 1 is 1.40 bits per heavy atom. The van der Waals surface area contributed by atoms with E-state index >= 15 is 0 Å². The van der Waals surface area contributed by atoms with Crippen molar-refractivity contribution in [1.82, 2.24) is 0 Å². The highest BCUT2D eigenvalue weighted by Crippen LogP contribution is 2.32. The van der Waals surface area contributed by atoms with Crippen LogP contribution < -0.4 is 5.73 Å². The van der Waals surface area contributed by atoms with Crippen LogP contribution in [0.2, 0.25) is 0 Å². The fourth-order valence-electron chi connectivity index (χ4n) is 1.54. The Bertz CT molecular complexity index is 351. The van der Waals surface area contributed by atoms with Gasteiger partial charge in [0.25, 0.3) is 6.43 Å². The van der Waals surface area contributed by atoms with Gasteiger partial charge in [0.2, 0.25) is 0 Å². The van der Waals surface area contributed by atoms with Crippen molar-refractivity contribution in [2.75, 3.05) is 0 Å². The van der Waals surface area contributed by atoms with E-state index in [4.69, 9.17) is 5.73 Å². The van der Waals surface area contributed by atoms with Gasteiger partial charge in [-0.25, -0.2) is 8.78 Å². The van der Waals surface area contributed by atoms with Crippen LogP contribution in [0.25, 0.3) is 0 Å². The number of benzene rings is 1. The van der Waals surface area contributed by atoms with Crippen molar-refractivity contribution in [2.24, 2.45) is 5.73 Å². The van der Waals surface area contributed by atoms with Crippen molar-refractivity contribution in [3.05, 3.63) is 28.8 Å². The lowest BCUT2D eigenvalue weighted by molar-refractivity contribution is 0.147. The number of phenolic OH excluding ortho intramolecular Hbond substituents is 1. The van der Waals surface area contributed by atoms with E-state index in [2.05, 4.69) is 0 Å². The molecule has 84 valence electrons. The van der Waals surface area contributed by atoms with Gasteiger partial charge in [0.05, 0.1) is 5.56 Å². The van der Waals surface area contributed by atoms with Gasteiger partial charge in [0, 0.05) is 6.04 Å². The van der Waals surface area contributed by atoms with Crippen molar-refractivity contribution in [1.29, 1.82) is 0 Å². The Morgan fingerprint density at radius 2 is 2.00 bits per heavy atom. The van der Waals surface area contributed by atoms with E-state index < -0.39 is 6.43 Å². The minimum absolute atomic E-state index is 0.0838. The van der Waals surface area contributed by atoms with Gasteiger partial charge in [-0.3, -0.25) is 0 Å². The number of halogens is 2. The average molecular weight is 215 g/mol. The largest absolute Gasteiger partial charge is 0.507 e. The Hall–Kier alpha value is -1.16. The van der Waals surface area contributed by atoms with Crippen LogP contribution in [0.3, 0.4) is 0 Å². The summed E-state index contributed by atoms with van der Waals surface area (Å²) in [6.45, 7) is 3.41. The number of nitrogens with two attached hydrogens (primary N) is 1. The molecule has 0 fully saturated rings. The Morgan fingerprint density at radius 3 is 2.47 bits per heavy atom. The van der Waals surface area contributed by atoms with E-state index in [0.717, 1.165) is 5.56 Å². The molecule has 3 N–H and O–H groups in total. The molecular weight excluding hydrogens is 200 g/mol. The molecule has 1 aromatic carbocycles. The molecule has 0 aliphatic heterocycles. The second kappa shape index (κ2) is 4.57. The molecule has 0 radical (unpaired) electrons. The van der Waals surface area contributed by atoms with Crippen molar-refractivity contribution in [3.8, 4) is 5.75 Å². The first-order chi connectivity index (χ1) is 6.91. The predicted molar refractivity (Wildman–Crippen MR) is 55.2 cm³/mol. The molecule has 15 heavy (non-hydrogen) atoms. The number of aryl methyl sites for hydroxylation is 1. The standard InChI is InChI=1S/C11H15F2NO/c1-6-3-8(4-7(2)14)5-9(10(6)15)11(12)13/h3,5,7,11,15H,4,14H2,1-2H3. The maximum absolute atomic E-state index is 12.5. The van der Waals surface area contributed by atoms with Crippen molar-refractivity contribution in [3.63, 3.8) is 0 Å². The van der Waals surface area contributed by atoms with Gasteiger partial charge >= 0.3 is 0 Å². The van der Waals surface area contributed by atoms with E-state index in [0.29, 0.717) is 12.0 Å². The molecule has 0 amide bonds.